The summed E-state index contributed by atoms with van der Waals surface area (Å²) < 4.78 is 19.4. The second kappa shape index (κ2) is 7.26. The zero-order valence-electron chi connectivity index (χ0n) is 14.3. The number of benzene rings is 1. The van der Waals surface area contributed by atoms with Crippen LogP contribution in [0.5, 0.6) is 0 Å². The van der Waals surface area contributed by atoms with Crippen molar-refractivity contribution in [2.45, 2.75) is 13.1 Å². The van der Waals surface area contributed by atoms with Crippen LogP contribution in [0.3, 0.4) is 0 Å². The Morgan fingerprint density at radius 1 is 1.30 bits per heavy atom. The first-order valence-electron chi connectivity index (χ1n) is 8.18. The van der Waals surface area contributed by atoms with Crippen LogP contribution in [-0.4, -0.2) is 21.9 Å². The summed E-state index contributed by atoms with van der Waals surface area (Å²) in [5, 5.41) is 2.75. The maximum atomic E-state index is 14.0. The fraction of sp³-hybridized carbons (Fsp3) is 0.158. The number of nitrogens with zero attached hydrogens (tertiary/aromatic N) is 2. The molecule has 0 saturated heterocycles. The van der Waals surface area contributed by atoms with E-state index in [2.05, 4.69) is 9.97 Å². The normalized spacial score (nSPS) is 11.6. The van der Waals surface area contributed by atoms with Gasteiger partial charge in [-0.1, -0.05) is 17.7 Å². The zero-order valence-corrected chi connectivity index (χ0v) is 15.9. The molecule has 3 aromatic heterocycles. The molecule has 4 aromatic rings. The zero-order chi connectivity index (χ0) is 19.0. The van der Waals surface area contributed by atoms with Crippen molar-refractivity contribution in [2.24, 2.45) is 0 Å². The maximum Gasteiger partial charge on any atom is 0.260 e. The molecule has 138 valence electrons. The van der Waals surface area contributed by atoms with Crippen LogP contribution in [0.1, 0.15) is 11.4 Å². The van der Waals surface area contributed by atoms with Gasteiger partial charge in [0.05, 0.1) is 18.2 Å². The van der Waals surface area contributed by atoms with Crippen molar-refractivity contribution in [1.29, 1.82) is 0 Å². The molecule has 8 heteroatoms. The van der Waals surface area contributed by atoms with Gasteiger partial charge >= 0.3 is 0 Å². The molecule has 4 rings (SSSR count). The average Bonchev–Trinajstić information content (AvgIpc) is 3.27. The van der Waals surface area contributed by atoms with Crippen LogP contribution in [0.25, 0.3) is 21.5 Å². The molecule has 0 bridgehead atoms. The van der Waals surface area contributed by atoms with Gasteiger partial charge in [-0.05, 0) is 31.3 Å². The van der Waals surface area contributed by atoms with Crippen molar-refractivity contribution in [3.63, 3.8) is 0 Å². The minimum atomic E-state index is -0.354. The minimum absolute atomic E-state index is 0.222. The largest absolute Gasteiger partial charge is 0.464 e. The number of aromatic nitrogens is 2. The Morgan fingerprint density at radius 3 is 2.89 bits per heavy atom. The molecule has 0 aliphatic carbocycles. The molecule has 0 amide bonds. The highest BCUT2D eigenvalue weighted by Crippen LogP contribution is 2.31. The van der Waals surface area contributed by atoms with Crippen LogP contribution < -0.4 is 5.56 Å². The molecule has 0 aliphatic rings. The Hall–Kier alpha value is -2.48. The summed E-state index contributed by atoms with van der Waals surface area (Å²) in [6.45, 7) is 0.652. The minimum Gasteiger partial charge on any atom is -0.464 e. The van der Waals surface area contributed by atoms with Crippen molar-refractivity contribution in [1.82, 2.24) is 14.9 Å². The van der Waals surface area contributed by atoms with Crippen molar-refractivity contribution >= 4 is 33.2 Å². The molecular weight excluding hydrogens is 389 g/mol. The highest BCUT2D eigenvalue weighted by Gasteiger charge is 2.16. The van der Waals surface area contributed by atoms with Gasteiger partial charge in [0.15, 0.2) is 0 Å². The lowest BCUT2D eigenvalue weighted by Crippen LogP contribution is -2.22. The van der Waals surface area contributed by atoms with Gasteiger partial charge in [-0.2, -0.15) is 0 Å². The number of halogens is 2. The summed E-state index contributed by atoms with van der Waals surface area (Å²) in [5.41, 5.74) is 0.924. The molecule has 5 nitrogen and oxygen atoms in total. The van der Waals surface area contributed by atoms with Crippen LogP contribution in [0.15, 0.2) is 51.2 Å². The van der Waals surface area contributed by atoms with Crippen molar-refractivity contribution in [3.05, 3.63) is 74.6 Å². The van der Waals surface area contributed by atoms with Gasteiger partial charge in [0.1, 0.15) is 22.2 Å². The Bertz CT molecular complexity index is 1130. The molecule has 0 fully saturated rings. The molecular formula is C19H15ClFN3O2S. The van der Waals surface area contributed by atoms with E-state index in [1.165, 1.54) is 17.4 Å². The topological polar surface area (TPSA) is 62.1 Å². The number of rotatable bonds is 5. The number of aromatic amines is 1. The summed E-state index contributed by atoms with van der Waals surface area (Å²) in [5.74, 6) is 0.788. The number of thiophene rings is 1. The molecule has 1 aromatic carbocycles. The number of furan rings is 1. The third-order valence-corrected chi connectivity index (χ3v) is 5.42. The SMILES string of the molecule is CN(Cc1nc2scc(-c3ccco3)c2c(=O)[nH]1)Cc1c(F)cccc1Cl. The number of nitrogens with one attached hydrogen (secondary N) is 1. The van der Waals surface area contributed by atoms with Gasteiger partial charge in [-0.15, -0.1) is 11.3 Å². The summed E-state index contributed by atoms with van der Waals surface area (Å²) in [6.07, 6.45) is 1.57. The Morgan fingerprint density at radius 2 is 2.15 bits per heavy atom. The van der Waals surface area contributed by atoms with Gasteiger partial charge in [0.2, 0.25) is 0 Å². The average molecular weight is 404 g/mol. The maximum absolute atomic E-state index is 14.0. The van der Waals surface area contributed by atoms with E-state index in [1.807, 2.05) is 17.3 Å². The second-order valence-electron chi connectivity index (χ2n) is 6.19. The predicted molar refractivity (Wildman–Crippen MR) is 105 cm³/mol. The van der Waals surface area contributed by atoms with Crippen LogP contribution in [-0.2, 0) is 13.1 Å². The molecule has 1 N–H and O–H groups in total. The molecule has 0 aliphatic heterocycles. The van der Waals surface area contributed by atoms with Crippen LogP contribution in [0.4, 0.5) is 4.39 Å². The van der Waals surface area contributed by atoms with E-state index in [0.29, 0.717) is 45.5 Å². The van der Waals surface area contributed by atoms with E-state index < -0.39 is 0 Å². The molecule has 27 heavy (non-hydrogen) atoms. The highest BCUT2D eigenvalue weighted by atomic mass is 35.5. The van der Waals surface area contributed by atoms with Crippen LogP contribution in [0.2, 0.25) is 5.02 Å². The van der Waals surface area contributed by atoms with Crippen molar-refractivity contribution in [3.8, 4) is 11.3 Å². The van der Waals surface area contributed by atoms with E-state index >= 15 is 0 Å². The summed E-state index contributed by atoms with van der Waals surface area (Å²) in [7, 11) is 1.82. The van der Waals surface area contributed by atoms with E-state index in [0.717, 1.165) is 5.56 Å². The van der Waals surface area contributed by atoms with E-state index in [4.69, 9.17) is 16.0 Å². The Balaban J connectivity index is 1.60. The molecule has 0 unspecified atom stereocenters. The van der Waals surface area contributed by atoms with Crippen LogP contribution in [0, 0.1) is 5.82 Å². The number of hydrogen-bond donors (Lipinski definition) is 1. The lowest BCUT2D eigenvalue weighted by Gasteiger charge is -2.17. The lowest BCUT2D eigenvalue weighted by atomic mass is 10.2. The van der Waals surface area contributed by atoms with Gasteiger partial charge in [0, 0.05) is 28.1 Å². The summed E-state index contributed by atoms with van der Waals surface area (Å²) in [6, 6.07) is 8.19. The second-order valence-corrected chi connectivity index (χ2v) is 7.46. The third kappa shape index (κ3) is 3.53. The number of fused-ring (bicyclic) bond motifs is 1. The van der Waals surface area contributed by atoms with E-state index in [-0.39, 0.29) is 11.4 Å². The predicted octanol–water partition coefficient (Wildman–Crippen LogP) is 4.67. The van der Waals surface area contributed by atoms with Gasteiger partial charge in [-0.25, -0.2) is 9.37 Å². The molecule has 0 spiro atoms. The van der Waals surface area contributed by atoms with E-state index in [1.54, 1.807) is 30.5 Å². The quantitative estimate of drug-likeness (QED) is 0.526. The van der Waals surface area contributed by atoms with Gasteiger partial charge in [-0.3, -0.25) is 9.69 Å². The Kier molecular flexibility index (Phi) is 4.82. The number of hydrogen-bond acceptors (Lipinski definition) is 5. The molecule has 3 heterocycles. The van der Waals surface area contributed by atoms with Gasteiger partial charge < -0.3 is 9.40 Å². The molecule has 0 radical (unpaired) electrons. The molecule has 0 saturated carbocycles. The Labute approximate surface area is 163 Å². The fourth-order valence-electron chi connectivity index (χ4n) is 2.95. The fourth-order valence-corrected chi connectivity index (χ4v) is 4.12. The first-order chi connectivity index (χ1) is 13.0. The lowest BCUT2D eigenvalue weighted by molar-refractivity contribution is 0.305. The van der Waals surface area contributed by atoms with Crippen molar-refractivity contribution < 1.29 is 8.81 Å². The number of H-pyrrole nitrogens is 1. The first-order valence-corrected chi connectivity index (χ1v) is 9.44. The third-order valence-electron chi connectivity index (χ3n) is 4.19. The smallest absolute Gasteiger partial charge is 0.260 e. The summed E-state index contributed by atoms with van der Waals surface area (Å²) in [4.78, 5) is 22.4. The standard InChI is InChI=1S/C19H15ClFN3O2S/c1-24(8-11-13(20)4-2-5-14(11)21)9-16-22-18(25)17-12(10-27-19(17)23-16)15-6-3-7-26-15/h2-7,10H,8-9H2,1H3,(H,22,23,25). The summed E-state index contributed by atoms with van der Waals surface area (Å²) >= 11 is 7.47. The van der Waals surface area contributed by atoms with Crippen molar-refractivity contribution in [2.75, 3.05) is 7.05 Å². The van der Waals surface area contributed by atoms with Crippen LogP contribution >= 0.6 is 22.9 Å². The monoisotopic (exact) mass is 403 g/mol. The van der Waals surface area contributed by atoms with Gasteiger partial charge in [0.25, 0.3) is 5.56 Å². The molecule has 0 atom stereocenters. The highest BCUT2D eigenvalue weighted by molar-refractivity contribution is 7.17. The van der Waals surface area contributed by atoms with E-state index in [9.17, 15) is 9.18 Å². The first kappa shape index (κ1) is 17.9.